The van der Waals surface area contributed by atoms with Gasteiger partial charge in [-0.2, -0.15) is 0 Å². The van der Waals surface area contributed by atoms with Gasteiger partial charge in [-0.15, -0.1) is 0 Å². The van der Waals surface area contributed by atoms with Gasteiger partial charge in [0.15, 0.2) is 17.3 Å². The number of carbonyl (C=O) groups excluding carboxylic acids is 2. The van der Waals surface area contributed by atoms with Crippen molar-refractivity contribution in [1.29, 1.82) is 0 Å². The molecule has 2 aliphatic rings. The first-order valence-corrected chi connectivity index (χ1v) is 14.2. The van der Waals surface area contributed by atoms with Crippen molar-refractivity contribution in [3.05, 3.63) is 64.6 Å². The van der Waals surface area contributed by atoms with Crippen LogP contribution in [0.15, 0.2) is 42.1 Å². The lowest BCUT2D eigenvalue weighted by molar-refractivity contribution is -0.140. The summed E-state index contributed by atoms with van der Waals surface area (Å²) in [5, 5.41) is 11.7. The first-order chi connectivity index (χ1) is 19.8. The number of carbonyl (C=O) groups is 2. The number of benzene rings is 1. The van der Waals surface area contributed by atoms with Crippen molar-refractivity contribution in [3.63, 3.8) is 0 Å². The van der Waals surface area contributed by atoms with E-state index < -0.39 is 17.7 Å². The van der Waals surface area contributed by atoms with Crippen LogP contribution >= 0.6 is 0 Å². The number of aromatic nitrogens is 2. The Balaban J connectivity index is 1.60. The molecule has 41 heavy (non-hydrogen) atoms. The molecule has 218 valence electrons. The summed E-state index contributed by atoms with van der Waals surface area (Å²) in [5.41, 5.74) is 3.23. The molecule has 1 aromatic carbocycles. The smallest absolute Gasteiger partial charge is 0.295 e. The number of aliphatic hydroxyl groups excluding tert-OH is 1. The Morgan fingerprint density at radius 1 is 1.12 bits per heavy atom. The number of amides is 1. The number of rotatable bonds is 10. The van der Waals surface area contributed by atoms with Crippen molar-refractivity contribution in [1.82, 2.24) is 19.2 Å². The minimum absolute atomic E-state index is 0.0165. The van der Waals surface area contributed by atoms with Crippen LogP contribution in [0.1, 0.15) is 48.3 Å². The molecular weight excluding hydrogens is 524 g/mol. The molecule has 0 spiro atoms. The van der Waals surface area contributed by atoms with Gasteiger partial charge in [-0.3, -0.25) is 14.5 Å². The average molecular weight is 563 g/mol. The normalized spacial score (nSPS) is 19.3. The van der Waals surface area contributed by atoms with Gasteiger partial charge in [0.05, 0.1) is 44.2 Å². The number of morpholine rings is 1. The second-order valence-electron chi connectivity index (χ2n) is 10.5. The number of imidazole rings is 1. The maximum absolute atomic E-state index is 13.6. The van der Waals surface area contributed by atoms with E-state index in [-0.39, 0.29) is 17.0 Å². The monoisotopic (exact) mass is 562 g/mol. The number of hydrogen-bond acceptors (Lipinski definition) is 8. The zero-order valence-corrected chi connectivity index (χ0v) is 24.2. The number of fused-ring (bicyclic) bond motifs is 1. The molecule has 2 saturated heterocycles. The van der Waals surface area contributed by atoms with Gasteiger partial charge < -0.3 is 28.6 Å². The highest BCUT2D eigenvalue weighted by Gasteiger charge is 2.46. The van der Waals surface area contributed by atoms with Gasteiger partial charge in [0.1, 0.15) is 11.3 Å². The van der Waals surface area contributed by atoms with E-state index in [1.54, 1.807) is 24.1 Å². The lowest BCUT2D eigenvalue weighted by atomic mass is 9.96. The van der Waals surface area contributed by atoms with Gasteiger partial charge in [-0.1, -0.05) is 25.5 Å². The number of unbranched alkanes of at least 4 members (excludes halogenated alkanes) is 1. The molecule has 1 unspecified atom stereocenters. The molecule has 4 heterocycles. The summed E-state index contributed by atoms with van der Waals surface area (Å²) in [7, 11) is 1.56. The van der Waals surface area contributed by atoms with Crippen LogP contribution in [0.25, 0.3) is 11.4 Å². The van der Waals surface area contributed by atoms with E-state index in [0.717, 1.165) is 31.5 Å². The summed E-state index contributed by atoms with van der Waals surface area (Å²) in [6.07, 6.45) is 3.77. The standard InChI is InChI=1S/C31H38N4O6/c1-5-6-16-41-23-10-9-22(19-24(23)39-4)27-25(28(36)26-21(3)34-11-7-8-20(2)30(34)32-26)29(37)31(38)35(27)13-12-33-14-17-40-18-15-33/h7-11,19,27,36H,5-6,12-18H2,1-4H3/b28-25+. The molecule has 0 bridgehead atoms. The van der Waals surface area contributed by atoms with Crippen LogP contribution < -0.4 is 9.47 Å². The third-order valence-electron chi connectivity index (χ3n) is 7.87. The number of methoxy groups -OCH3 is 1. The zero-order valence-electron chi connectivity index (χ0n) is 24.2. The second-order valence-corrected chi connectivity index (χ2v) is 10.5. The summed E-state index contributed by atoms with van der Waals surface area (Å²) in [5.74, 6) is -0.585. The molecule has 1 N–H and O–H groups in total. The number of pyridine rings is 1. The van der Waals surface area contributed by atoms with Crippen LogP contribution in [0.3, 0.4) is 0 Å². The van der Waals surface area contributed by atoms with Crippen molar-refractivity contribution in [3.8, 4) is 11.5 Å². The molecule has 0 aliphatic carbocycles. The number of ketones is 1. The summed E-state index contributed by atoms with van der Waals surface area (Å²) in [6, 6.07) is 8.43. The average Bonchev–Trinajstić information content (AvgIpc) is 3.46. The summed E-state index contributed by atoms with van der Waals surface area (Å²) in [6.45, 7) is 10.1. The van der Waals surface area contributed by atoms with E-state index in [4.69, 9.17) is 14.2 Å². The Hall–Kier alpha value is -3.89. The summed E-state index contributed by atoms with van der Waals surface area (Å²) < 4.78 is 18.9. The lowest BCUT2D eigenvalue weighted by Crippen LogP contribution is -2.42. The van der Waals surface area contributed by atoms with E-state index >= 15 is 0 Å². The predicted molar refractivity (Wildman–Crippen MR) is 154 cm³/mol. The largest absolute Gasteiger partial charge is 0.505 e. The molecule has 2 fully saturated rings. The van der Waals surface area contributed by atoms with E-state index in [1.165, 1.54) is 0 Å². The van der Waals surface area contributed by atoms with E-state index in [0.29, 0.717) is 61.3 Å². The second kappa shape index (κ2) is 12.3. The quantitative estimate of drug-likeness (QED) is 0.172. The fourth-order valence-corrected chi connectivity index (χ4v) is 5.51. The van der Waals surface area contributed by atoms with Gasteiger partial charge >= 0.3 is 0 Å². The lowest BCUT2D eigenvalue weighted by Gasteiger charge is -2.31. The fourth-order valence-electron chi connectivity index (χ4n) is 5.51. The van der Waals surface area contributed by atoms with Crippen molar-refractivity contribution in [2.75, 3.05) is 53.1 Å². The number of Topliss-reactive ketones (excluding diaryl/α,β-unsaturated/α-hetero) is 1. The molecule has 10 nitrogen and oxygen atoms in total. The highest BCUT2D eigenvalue weighted by molar-refractivity contribution is 6.46. The van der Waals surface area contributed by atoms with Crippen molar-refractivity contribution < 1.29 is 28.9 Å². The van der Waals surface area contributed by atoms with E-state index in [2.05, 4.69) is 16.8 Å². The molecule has 2 aliphatic heterocycles. The number of ether oxygens (including phenoxy) is 3. The minimum atomic E-state index is -0.819. The number of likely N-dealkylation sites (tertiary alicyclic amines) is 1. The zero-order chi connectivity index (χ0) is 29.1. The topological polar surface area (TPSA) is 106 Å². The molecule has 0 saturated carbocycles. The first-order valence-electron chi connectivity index (χ1n) is 14.2. The maximum Gasteiger partial charge on any atom is 0.295 e. The molecule has 5 rings (SSSR count). The molecule has 3 aromatic rings. The van der Waals surface area contributed by atoms with Gasteiger partial charge in [0.25, 0.3) is 11.7 Å². The molecule has 0 radical (unpaired) electrons. The van der Waals surface area contributed by atoms with Crippen LogP contribution in [0.4, 0.5) is 0 Å². The highest BCUT2D eigenvalue weighted by atomic mass is 16.5. The molecule has 1 atom stereocenters. The van der Waals surface area contributed by atoms with Crippen LogP contribution in [-0.2, 0) is 14.3 Å². The minimum Gasteiger partial charge on any atom is -0.505 e. The predicted octanol–water partition coefficient (Wildman–Crippen LogP) is 3.89. The number of nitrogens with zero attached hydrogens (tertiary/aromatic N) is 4. The van der Waals surface area contributed by atoms with Gasteiger partial charge in [-0.05, 0) is 49.6 Å². The van der Waals surface area contributed by atoms with Crippen LogP contribution in [0, 0.1) is 13.8 Å². The van der Waals surface area contributed by atoms with Gasteiger partial charge in [0.2, 0.25) is 0 Å². The third-order valence-corrected chi connectivity index (χ3v) is 7.87. The SMILES string of the molecule is CCCCOc1ccc(C2/C(=C(\O)c3nc4c(C)cccn4c3C)C(=O)C(=O)N2CCN2CCOCC2)cc1OC. The first kappa shape index (κ1) is 28.6. The van der Waals surface area contributed by atoms with Gasteiger partial charge in [-0.25, -0.2) is 4.98 Å². The maximum atomic E-state index is 13.6. The number of hydrogen-bond donors (Lipinski definition) is 1. The van der Waals surface area contributed by atoms with Crippen LogP contribution in [0.5, 0.6) is 11.5 Å². The van der Waals surface area contributed by atoms with E-state index in [9.17, 15) is 14.7 Å². The Labute approximate surface area is 240 Å². The van der Waals surface area contributed by atoms with Gasteiger partial charge in [0, 0.05) is 32.4 Å². The molecular formula is C31H38N4O6. The van der Waals surface area contributed by atoms with Crippen molar-refractivity contribution in [2.45, 2.75) is 39.7 Å². The van der Waals surface area contributed by atoms with E-state index in [1.807, 2.05) is 42.6 Å². The van der Waals surface area contributed by atoms with Crippen LogP contribution in [-0.4, -0.2) is 89.1 Å². The molecule has 1 amide bonds. The fraction of sp³-hybridized carbons (Fsp3) is 0.452. The summed E-state index contributed by atoms with van der Waals surface area (Å²) >= 11 is 0. The third kappa shape index (κ3) is 5.54. The Bertz CT molecular complexity index is 1470. The van der Waals surface area contributed by atoms with Crippen molar-refractivity contribution in [2.24, 2.45) is 0 Å². The Morgan fingerprint density at radius 2 is 1.90 bits per heavy atom. The molecule has 10 heteroatoms. The number of aliphatic hydroxyl groups is 1. The van der Waals surface area contributed by atoms with Crippen molar-refractivity contribution >= 4 is 23.1 Å². The highest BCUT2D eigenvalue weighted by Crippen LogP contribution is 2.42. The van der Waals surface area contributed by atoms with Crippen LogP contribution in [0.2, 0.25) is 0 Å². The number of aryl methyl sites for hydroxylation is 2. The Kier molecular flexibility index (Phi) is 8.60. The summed E-state index contributed by atoms with van der Waals surface area (Å²) in [4.78, 5) is 35.6. The molecule has 2 aromatic heterocycles. The Morgan fingerprint density at radius 3 is 2.61 bits per heavy atom.